The van der Waals surface area contributed by atoms with Gasteiger partial charge in [0, 0.05) is 39.8 Å². The number of methoxy groups -OCH3 is 1. The van der Waals surface area contributed by atoms with Crippen molar-refractivity contribution in [1.82, 2.24) is 9.03 Å². The topological polar surface area (TPSA) is 96.0 Å². The van der Waals surface area contributed by atoms with E-state index in [4.69, 9.17) is 0 Å². The van der Waals surface area contributed by atoms with Gasteiger partial charge in [0.1, 0.15) is 0 Å². The van der Waals surface area contributed by atoms with Crippen LogP contribution in [0, 0.1) is 0 Å². The van der Waals surface area contributed by atoms with Crippen molar-refractivity contribution in [2.75, 3.05) is 39.2 Å². The maximum absolute atomic E-state index is 11.8. The number of rotatable bonds is 7. The lowest BCUT2D eigenvalue weighted by atomic mass is 10.2. The summed E-state index contributed by atoms with van der Waals surface area (Å²) in [5, 5.41) is 0. The average molecular weight is 343 g/mol. The number of hydrogen-bond acceptors (Lipinski definition) is 5. The number of carbonyl (C=O) groups excluding carboxylic acids is 2. The number of benzene rings is 1. The lowest BCUT2D eigenvalue weighted by Gasteiger charge is -2.22. The van der Waals surface area contributed by atoms with Gasteiger partial charge in [-0.15, -0.1) is 0 Å². The number of esters is 1. The largest absolute Gasteiger partial charge is 0.465 e. The van der Waals surface area contributed by atoms with Gasteiger partial charge in [-0.05, 0) is 24.3 Å². The second-order valence-electron chi connectivity index (χ2n) is 4.89. The Morgan fingerprint density at radius 2 is 1.74 bits per heavy atom. The van der Waals surface area contributed by atoms with E-state index < -0.39 is 16.2 Å². The maximum Gasteiger partial charge on any atom is 0.337 e. The van der Waals surface area contributed by atoms with E-state index in [1.165, 1.54) is 33.0 Å². The second kappa shape index (κ2) is 8.04. The first-order valence-electron chi connectivity index (χ1n) is 6.82. The van der Waals surface area contributed by atoms with E-state index in [9.17, 15) is 18.0 Å². The number of carbonyl (C=O) groups is 2. The molecule has 0 fully saturated rings. The van der Waals surface area contributed by atoms with Gasteiger partial charge in [0.15, 0.2) is 0 Å². The van der Waals surface area contributed by atoms with E-state index in [1.54, 1.807) is 24.3 Å². The molecule has 0 aliphatic heterocycles. The summed E-state index contributed by atoms with van der Waals surface area (Å²) >= 11 is 0. The molecule has 0 aliphatic carbocycles. The molecule has 1 N–H and O–H groups in total. The van der Waals surface area contributed by atoms with Crippen molar-refractivity contribution in [3.8, 4) is 0 Å². The Labute approximate surface area is 136 Å². The SMILES string of the molecule is COC(=O)c1ccc(N(CCNS(=O)(=O)N(C)C)C(C)=O)cc1. The zero-order valence-electron chi connectivity index (χ0n) is 13.6. The minimum absolute atomic E-state index is 0.0683. The summed E-state index contributed by atoms with van der Waals surface area (Å²) in [6.07, 6.45) is 0. The molecule has 0 saturated carbocycles. The van der Waals surface area contributed by atoms with Crippen molar-refractivity contribution < 1.29 is 22.7 Å². The van der Waals surface area contributed by atoms with E-state index in [0.29, 0.717) is 11.3 Å². The third-order valence-corrected chi connectivity index (χ3v) is 4.61. The van der Waals surface area contributed by atoms with Crippen LogP contribution in [0.2, 0.25) is 0 Å². The van der Waals surface area contributed by atoms with E-state index in [1.807, 2.05) is 0 Å². The molecule has 128 valence electrons. The highest BCUT2D eigenvalue weighted by atomic mass is 32.2. The van der Waals surface area contributed by atoms with E-state index in [0.717, 1.165) is 4.31 Å². The summed E-state index contributed by atoms with van der Waals surface area (Å²) in [6.45, 7) is 1.62. The van der Waals surface area contributed by atoms with Crippen LogP contribution in [-0.4, -0.2) is 58.9 Å². The van der Waals surface area contributed by atoms with Gasteiger partial charge >= 0.3 is 5.97 Å². The van der Waals surface area contributed by atoms with Crippen LogP contribution in [0.1, 0.15) is 17.3 Å². The third-order valence-electron chi connectivity index (χ3n) is 3.08. The molecule has 0 unspecified atom stereocenters. The summed E-state index contributed by atoms with van der Waals surface area (Å²) in [5.41, 5.74) is 0.933. The monoisotopic (exact) mass is 343 g/mol. The Balaban J connectivity index is 2.80. The molecule has 0 bridgehead atoms. The quantitative estimate of drug-likeness (QED) is 0.715. The van der Waals surface area contributed by atoms with Gasteiger partial charge in [-0.25, -0.2) is 9.52 Å². The molecular formula is C14H21N3O5S. The molecule has 8 nitrogen and oxygen atoms in total. The molecule has 0 spiro atoms. The predicted molar refractivity (Wildman–Crippen MR) is 86.4 cm³/mol. The van der Waals surface area contributed by atoms with Crippen LogP contribution in [-0.2, 0) is 19.7 Å². The highest BCUT2D eigenvalue weighted by Crippen LogP contribution is 2.16. The summed E-state index contributed by atoms with van der Waals surface area (Å²) in [7, 11) is 0.574. The second-order valence-corrected chi connectivity index (χ2v) is 6.86. The van der Waals surface area contributed by atoms with Gasteiger partial charge in [0.25, 0.3) is 10.2 Å². The minimum Gasteiger partial charge on any atom is -0.465 e. The van der Waals surface area contributed by atoms with Crippen molar-refractivity contribution in [1.29, 1.82) is 0 Å². The molecule has 1 rings (SSSR count). The molecule has 1 aromatic carbocycles. The Hall–Kier alpha value is -1.97. The first-order chi connectivity index (χ1) is 10.7. The average Bonchev–Trinajstić information content (AvgIpc) is 2.50. The molecule has 1 aromatic rings. The van der Waals surface area contributed by atoms with E-state index in [-0.39, 0.29) is 19.0 Å². The number of amides is 1. The lowest BCUT2D eigenvalue weighted by Crippen LogP contribution is -2.41. The number of nitrogens with one attached hydrogen (secondary N) is 1. The van der Waals surface area contributed by atoms with Gasteiger partial charge < -0.3 is 9.64 Å². The van der Waals surface area contributed by atoms with E-state index >= 15 is 0 Å². The molecular weight excluding hydrogens is 322 g/mol. The van der Waals surface area contributed by atoms with Gasteiger partial charge in [0.2, 0.25) is 5.91 Å². The summed E-state index contributed by atoms with van der Waals surface area (Å²) < 4.78 is 31.3. The van der Waals surface area contributed by atoms with Crippen molar-refractivity contribution in [2.45, 2.75) is 6.92 Å². The van der Waals surface area contributed by atoms with Crippen LogP contribution < -0.4 is 9.62 Å². The Morgan fingerprint density at radius 1 is 1.17 bits per heavy atom. The highest BCUT2D eigenvalue weighted by Gasteiger charge is 2.16. The van der Waals surface area contributed by atoms with E-state index in [2.05, 4.69) is 9.46 Å². The van der Waals surface area contributed by atoms with Crippen LogP contribution in [0.25, 0.3) is 0 Å². The fourth-order valence-corrected chi connectivity index (χ4v) is 2.39. The molecule has 9 heteroatoms. The van der Waals surface area contributed by atoms with Crippen molar-refractivity contribution in [3.05, 3.63) is 29.8 Å². The number of anilines is 1. The Bertz CT molecular complexity index is 655. The number of hydrogen-bond donors (Lipinski definition) is 1. The zero-order valence-corrected chi connectivity index (χ0v) is 14.4. The molecule has 0 radical (unpaired) electrons. The van der Waals surface area contributed by atoms with Gasteiger partial charge in [-0.2, -0.15) is 12.7 Å². The number of nitrogens with zero attached hydrogens (tertiary/aromatic N) is 2. The first kappa shape index (κ1) is 19.1. The highest BCUT2D eigenvalue weighted by molar-refractivity contribution is 7.87. The molecule has 0 aliphatic rings. The van der Waals surface area contributed by atoms with Crippen LogP contribution in [0.15, 0.2) is 24.3 Å². The first-order valence-corrected chi connectivity index (χ1v) is 8.26. The standard InChI is InChI=1S/C14H21N3O5S/c1-11(18)17(10-9-15-23(20,21)16(2)3)13-7-5-12(6-8-13)14(19)22-4/h5-8,15H,9-10H2,1-4H3. The predicted octanol–water partition coefficient (Wildman–Crippen LogP) is 0.222. The molecule has 0 aromatic heterocycles. The third kappa shape index (κ3) is 5.31. The Morgan fingerprint density at radius 3 is 2.17 bits per heavy atom. The van der Waals surface area contributed by atoms with Crippen LogP contribution in [0.5, 0.6) is 0 Å². The number of ether oxygens (including phenoxy) is 1. The minimum atomic E-state index is -3.54. The fourth-order valence-electron chi connectivity index (χ4n) is 1.78. The maximum atomic E-state index is 11.8. The van der Waals surface area contributed by atoms with Crippen molar-refractivity contribution in [3.63, 3.8) is 0 Å². The smallest absolute Gasteiger partial charge is 0.337 e. The normalized spacial score (nSPS) is 11.3. The fraction of sp³-hybridized carbons (Fsp3) is 0.429. The molecule has 0 saturated heterocycles. The molecule has 23 heavy (non-hydrogen) atoms. The zero-order chi connectivity index (χ0) is 17.6. The van der Waals surface area contributed by atoms with Gasteiger partial charge in [-0.3, -0.25) is 4.79 Å². The summed E-state index contributed by atoms with van der Waals surface area (Å²) in [6, 6.07) is 6.30. The molecule has 1 amide bonds. The van der Waals surface area contributed by atoms with Crippen LogP contribution in [0.3, 0.4) is 0 Å². The summed E-state index contributed by atoms with van der Waals surface area (Å²) in [5.74, 6) is -0.704. The molecule has 0 heterocycles. The Kier molecular flexibility index (Phi) is 6.67. The summed E-state index contributed by atoms with van der Waals surface area (Å²) in [4.78, 5) is 24.6. The molecule has 0 atom stereocenters. The van der Waals surface area contributed by atoms with Gasteiger partial charge in [-0.1, -0.05) is 0 Å². The van der Waals surface area contributed by atoms with Gasteiger partial charge in [0.05, 0.1) is 12.7 Å². The van der Waals surface area contributed by atoms with Crippen molar-refractivity contribution in [2.24, 2.45) is 0 Å². The van der Waals surface area contributed by atoms with Crippen molar-refractivity contribution >= 4 is 27.8 Å². The lowest BCUT2D eigenvalue weighted by molar-refractivity contribution is -0.116. The van der Waals surface area contributed by atoms with Crippen LogP contribution in [0.4, 0.5) is 5.69 Å². The van der Waals surface area contributed by atoms with Crippen LogP contribution >= 0.6 is 0 Å².